The molecule has 19 heavy (non-hydrogen) atoms. The molecule has 1 amide bonds. The molecule has 1 aliphatic heterocycles. The van der Waals surface area contributed by atoms with Crippen LogP contribution in [0.4, 0.5) is 0 Å². The fourth-order valence-electron chi connectivity index (χ4n) is 2.45. The van der Waals surface area contributed by atoms with E-state index in [1.165, 1.54) is 0 Å². The van der Waals surface area contributed by atoms with E-state index in [1.807, 2.05) is 20.8 Å². The van der Waals surface area contributed by atoms with Crippen molar-refractivity contribution in [2.75, 3.05) is 13.2 Å². The molecule has 1 fully saturated rings. The number of carbonyl (C=O) groups excluding carboxylic acids is 1. The van der Waals surface area contributed by atoms with Gasteiger partial charge in [0.05, 0.1) is 18.2 Å². The van der Waals surface area contributed by atoms with Crippen molar-refractivity contribution >= 4 is 5.91 Å². The number of hydrogen-bond donors (Lipinski definition) is 1. The lowest BCUT2D eigenvalue weighted by molar-refractivity contribution is 0.0394. The minimum atomic E-state index is -0.504. The topological polar surface area (TPSA) is 49.8 Å². The summed E-state index contributed by atoms with van der Waals surface area (Å²) in [6, 6.07) is 7.15. The highest BCUT2D eigenvalue weighted by Crippen LogP contribution is 2.30. The average Bonchev–Trinajstić information content (AvgIpc) is 2.65. The molecule has 1 N–H and O–H groups in total. The molecular weight excluding hydrogens is 242 g/mol. The Labute approximate surface area is 114 Å². The normalized spacial score (nSPS) is 21.5. The highest BCUT2D eigenvalue weighted by Gasteiger charge is 2.42. The first kappa shape index (κ1) is 13.9. The molecule has 0 bridgehead atoms. The zero-order valence-electron chi connectivity index (χ0n) is 11.7. The highest BCUT2D eigenvalue weighted by atomic mass is 16.5. The Bertz CT molecular complexity index is 453. The molecule has 0 spiro atoms. The average molecular weight is 263 g/mol. The van der Waals surface area contributed by atoms with Crippen LogP contribution in [0.5, 0.6) is 5.75 Å². The van der Waals surface area contributed by atoms with Gasteiger partial charge in [-0.3, -0.25) is 4.79 Å². The summed E-state index contributed by atoms with van der Waals surface area (Å²) in [6.07, 6.45) is 0.176. The van der Waals surface area contributed by atoms with E-state index >= 15 is 0 Å². The van der Waals surface area contributed by atoms with E-state index in [0.29, 0.717) is 25.1 Å². The van der Waals surface area contributed by atoms with Gasteiger partial charge in [-0.05, 0) is 51.5 Å². The maximum Gasteiger partial charge on any atom is 0.254 e. The standard InChI is InChI=1S/C15H21NO3/c1-4-19-12-7-5-11(6-8-12)14(18)16-10-9-13(17)15(16,2)3/h5-8,13,17H,4,9-10H2,1-3H3. The minimum absolute atomic E-state index is 0.0374. The minimum Gasteiger partial charge on any atom is -0.494 e. The molecule has 4 heteroatoms. The second-order valence-corrected chi connectivity index (χ2v) is 5.37. The summed E-state index contributed by atoms with van der Waals surface area (Å²) in [4.78, 5) is 14.2. The van der Waals surface area contributed by atoms with Gasteiger partial charge < -0.3 is 14.7 Å². The van der Waals surface area contributed by atoms with Crippen molar-refractivity contribution in [1.82, 2.24) is 4.90 Å². The van der Waals surface area contributed by atoms with Gasteiger partial charge in [0.15, 0.2) is 0 Å². The van der Waals surface area contributed by atoms with Gasteiger partial charge >= 0.3 is 0 Å². The van der Waals surface area contributed by atoms with E-state index in [4.69, 9.17) is 4.74 Å². The van der Waals surface area contributed by atoms with Crippen molar-refractivity contribution in [3.8, 4) is 5.75 Å². The molecule has 2 rings (SSSR count). The Balaban J connectivity index is 2.16. The number of amides is 1. The molecule has 104 valence electrons. The first-order chi connectivity index (χ1) is 8.96. The summed E-state index contributed by atoms with van der Waals surface area (Å²) in [5.41, 5.74) is 0.126. The predicted octanol–water partition coefficient (Wildman–Crippen LogP) is 2.07. The molecule has 1 aromatic carbocycles. The van der Waals surface area contributed by atoms with Crippen LogP contribution in [0, 0.1) is 0 Å². The predicted molar refractivity (Wildman–Crippen MR) is 73.4 cm³/mol. The smallest absolute Gasteiger partial charge is 0.254 e. The van der Waals surface area contributed by atoms with Crippen LogP contribution >= 0.6 is 0 Å². The SMILES string of the molecule is CCOc1ccc(C(=O)N2CCC(O)C2(C)C)cc1. The van der Waals surface area contributed by atoms with Crippen LogP contribution in [0.25, 0.3) is 0 Å². The van der Waals surface area contributed by atoms with Crippen molar-refractivity contribution in [3.63, 3.8) is 0 Å². The van der Waals surface area contributed by atoms with Crippen LogP contribution in [0.3, 0.4) is 0 Å². The molecule has 0 aromatic heterocycles. The zero-order chi connectivity index (χ0) is 14.0. The van der Waals surface area contributed by atoms with Gasteiger partial charge in [-0.25, -0.2) is 0 Å². The zero-order valence-corrected chi connectivity index (χ0v) is 11.7. The molecule has 0 radical (unpaired) electrons. The lowest BCUT2D eigenvalue weighted by atomic mass is 9.98. The molecule has 1 saturated heterocycles. The maximum atomic E-state index is 12.5. The number of rotatable bonds is 3. The molecule has 1 heterocycles. The van der Waals surface area contributed by atoms with E-state index in [2.05, 4.69) is 0 Å². The van der Waals surface area contributed by atoms with Crippen molar-refractivity contribution < 1.29 is 14.6 Å². The monoisotopic (exact) mass is 263 g/mol. The van der Waals surface area contributed by atoms with Gasteiger partial charge in [-0.2, -0.15) is 0 Å². The molecule has 1 unspecified atom stereocenters. The molecule has 1 aliphatic rings. The summed E-state index contributed by atoms with van der Waals surface area (Å²) < 4.78 is 5.36. The fraction of sp³-hybridized carbons (Fsp3) is 0.533. The van der Waals surface area contributed by atoms with E-state index in [-0.39, 0.29) is 5.91 Å². The van der Waals surface area contributed by atoms with Gasteiger partial charge in [0.1, 0.15) is 5.75 Å². The van der Waals surface area contributed by atoms with E-state index < -0.39 is 11.6 Å². The highest BCUT2D eigenvalue weighted by molar-refractivity contribution is 5.95. The van der Waals surface area contributed by atoms with Gasteiger partial charge in [-0.1, -0.05) is 0 Å². The molecule has 1 atom stereocenters. The Morgan fingerprint density at radius 3 is 2.53 bits per heavy atom. The molecular formula is C15H21NO3. The van der Waals surface area contributed by atoms with Crippen LogP contribution < -0.4 is 4.74 Å². The first-order valence-corrected chi connectivity index (χ1v) is 6.69. The number of ether oxygens (including phenoxy) is 1. The molecule has 0 aliphatic carbocycles. The van der Waals surface area contributed by atoms with Crippen LogP contribution in [0.1, 0.15) is 37.6 Å². The number of benzene rings is 1. The van der Waals surface area contributed by atoms with Gasteiger partial charge in [0, 0.05) is 12.1 Å². The van der Waals surface area contributed by atoms with Crippen LogP contribution in [-0.4, -0.2) is 40.7 Å². The summed E-state index contributed by atoms with van der Waals surface area (Å²) in [6.45, 7) is 6.93. The largest absolute Gasteiger partial charge is 0.494 e. The molecule has 1 aromatic rings. The lowest BCUT2D eigenvalue weighted by Gasteiger charge is -2.33. The quantitative estimate of drug-likeness (QED) is 0.908. The number of aliphatic hydroxyl groups is 1. The second-order valence-electron chi connectivity index (χ2n) is 5.37. The lowest BCUT2D eigenvalue weighted by Crippen LogP contribution is -2.48. The molecule has 0 saturated carbocycles. The number of nitrogens with zero attached hydrogens (tertiary/aromatic N) is 1. The van der Waals surface area contributed by atoms with Gasteiger partial charge in [0.25, 0.3) is 5.91 Å². The first-order valence-electron chi connectivity index (χ1n) is 6.69. The fourth-order valence-corrected chi connectivity index (χ4v) is 2.45. The van der Waals surface area contributed by atoms with E-state index in [0.717, 1.165) is 5.75 Å². The summed E-state index contributed by atoms with van der Waals surface area (Å²) in [7, 11) is 0. The Morgan fingerprint density at radius 2 is 2.05 bits per heavy atom. The second kappa shape index (κ2) is 5.21. The van der Waals surface area contributed by atoms with E-state index in [1.54, 1.807) is 29.2 Å². The van der Waals surface area contributed by atoms with Crippen LogP contribution in [0.15, 0.2) is 24.3 Å². The third-order valence-corrected chi connectivity index (χ3v) is 3.79. The van der Waals surface area contributed by atoms with Crippen molar-refractivity contribution in [2.45, 2.75) is 38.8 Å². The third kappa shape index (κ3) is 2.59. The van der Waals surface area contributed by atoms with Crippen molar-refractivity contribution in [1.29, 1.82) is 0 Å². The third-order valence-electron chi connectivity index (χ3n) is 3.79. The summed E-state index contributed by atoms with van der Waals surface area (Å²) in [5.74, 6) is 0.726. The Hall–Kier alpha value is -1.55. The number of carbonyl (C=O) groups is 1. The number of hydrogen-bond acceptors (Lipinski definition) is 3. The van der Waals surface area contributed by atoms with Crippen LogP contribution in [-0.2, 0) is 0 Å². The van der Waals surface area contributed by atoms with Gasteiger partial charge in [-0.15, -0.1) is 0 Å². The summed E-state index contributed by atoms with van der Waals surface area (Å²) in [5, 5.41) is 9.92. The van der Waals surface area contributed by atoms with E-state index in [9.17, 15) is 9.90 Å². The number of likely N-dealkylation sites (tertiary alicyclic amines) is 1. The van der Waals surface area contributed by atoms with Gasteiger partial charge in [0.2, 0.25) is 0 Å². The van der Waals surface area contributed by atoms with Crippen molar-refractivity contribution in [3.05, 3.63) is 29.8 Å². The Kier molecular flexibility index (Phi) is 3.80. The number of aliphatic hydroxyl groups excluding tert-OH is 1. The Morgan fingerprint density at radius 1 is 1.42 bits per heavy atom. The maximum absolute atomic E-state index is 12.5. The molecule has 4 nitrogen and oxygen atoms in total. The summed E-state index contributed by atoms with van der Waals surface area (Å²) >= 11 is 0. The van der Waals surface area contributed by atoms with Crippen LogP contribution in [0.2, 0.25) is 0 Å². The van der Waals surface area contributed by atoms with Crippen molar-refractivity contribution in [2.24, 2.45) is 0 Å².